The maximum atomic E-state index is 13.3. The Kier molecular flexibility index (Phi) is 3.58. The lowest BCUT2D eigenvalue weighted by atomic mass is 10.3. The van der Waals surface area contributed by atoms with Crippen molar-refractivity contribution in [2.24, 2.45) is 16.7 Å². The minimum Gasteiger partial charge on any atom is -0.368 e. The topological polar surface area (TPSA) is 104 Å². The molecule has 6 nitrogen and oxygen atoms in total. The first-order valence-electron chi connectivity index (χ1n) is 4.03. The number of benzene rings is 1. The number of nitrogens with zero attached hydrogens (tertiary/aromatic N) is 2. The number of hydrazine groups is 1. The van der Waals surface area contributed by atoms with E-state index in [1.54, 1.807) is 6.07 Å². The van der Waals surface area contributed by atoms with E-state index in [-0.39, 0.29) is 11.6 Å². The van der Waals surface area contributed by atoms with Gasteiger partial charge in [0.15, 0.2) is 0 Å². The number of nitrogens with two attached hydrogens (primary N) is 2. The van der Waals surface area contributed by atoms with Gasteiger partial charge in [-0.15, -0.1) is 5.10 Å². The van der Waals surface area contributed by atoms with Crippen molar-refractivity contribution >= 4 is 18.0 Å². The molecule has 7 heteroatoms. The van der Waals surface area contributed by atoms with E-state index in [1.165, 1.54) is 18.2 Å². The number of anilines is 1. The number of rotatable bonds is 3. The molecule has 0 aliphatic heterocycles. The van der Waals surface area contributed by atoms with E-state index in [0.29, 0.717) is 0 Å². The molecule has 0 atom stereocenters. The van der Waals surface area contributed by atoms with Crippen LogP contribution in [0.5, 0.6) is 0 Å². The van der Waals surface area contributed by atoms with Crippen LogP contribution < -0.4 is 22.0 Å². The Hall–Kier alpha value is -2.15. The molecule has 0 unspecified atom stereocenters. The third-order valence-electron chi connectivity index (χ3n) is 1.67. The fraction of sp³-hybridized carbons (Fsp3) is 0. The van der Waals surface area contributed by atoms with Crippen molar-refractivity contribution < 1.29 is 4.39 Å². The van der Waals surface area contributed by atoms with E-state index in [9.17, 15) is 4.39 Å². The Morgan fingerprint density at radius 2 is 2.20 bits per heavy atom. The highest BCUT2D eigenvalue weighted by Crippen LogP contribution is 2.16. The molecule has 0 saturated heterocycles. The molecule has 0 aliphatic rings. The summed E-state index contributed by atoms with van der Waals surface area (Å²) in [6.45, 7) is 0. The molecule has 80 valence electrons. The van der Waals surface area contributed by atoms with Crippen LogP contribution in [0.15, 0.2) is 29.4 Å². The van der Waals surface area contributed by atoms with Gasteiger partial charge in [0, 0.05) is 0 Å². The van der Waals surface area contributed by atoms with E-state index in [1.807, 2.05) is 5.53 Å². The highest BCUT2D eigenvalue weighted by Gasteiger charge is 2.11. The maximum absolute atomic E-state index is 13.3. The molecule has 1 aromatic carbocycles. The Balaban J connectivity index is 3.08. The number of para-hydroxylation sites is 1. The zero-order valence-electron chi connectivity index (χ0n) is 7.81. The lowest BCUT2D eigenvalue weighted by Crippen LogP contribution is -2.39. The van der Waals surface area contributed by atoms with Gasteiger partial charge in [-0.25, -0.2) is 15.8 Å². The van der Waals surface area contributed by atoms with Gasteiger partial charge in [0.25, 0.3) is 0 Å². The fourth-order valence-electron chi connectivity index (χ4n) is 1.03. The number of hydrogen-bond acceptors (Lipinski definition) is 4. The molecule has 0 spiro atoms. The quantitative estimate of drug-likeness (QED) is 0.243. The summed E-state index contributed by atoms with van der Waals surface area (Å²) in [5.41, 5.74) is 7.55. The second kappa shape index (κ2) is 4.91. The van der Waals surface area contributed by atoms with Crippen LogP contribution in [0.1, 0.15) is 0 Å². The van der Waals surface area contributed by atoms with Gasteiger partial charge in [-0.05, 0) is 12.1 Å². The summed E-state index contributed by atoms with van der Waals surface area (Å²) >= 11 is 0. The van der Waals surface area contributed by atoms with Gasteiger partial charge < -0.3 is 5.73 Å². The molecule has 0 saturated carbocycles. The number of nitrogens with one attached hydrogen (secondary N) is 2. The average Bonchev–Trinajstić information content (AvgIpc) is 2.22. The second-order valence-electron chi connectivity index (χ2n) is 2.55. The zero-order chi connectivity index (χ0) is 11.3. The SMILES string of the molecule is N=CN(/C(N)=N/NN)c1ccccc1F. The van der Waals surface area contributed by atoms with Gasteiger partial charge in [-0.1, -0.05) is 12.1 Å². The Bertz CT molecular complexity index is 377. The molecule has 0 bridgehead atoms. The first-order valence-corrected chi connectivity index (χ1v) is 4.03. The summed E-state index contributed by atoms with van der Waals surface area (Å²) in [4.78, 5) is 1.05. The smallest absolute Gasteiger partial charge is 0.225 e. The van der Waals surface area contributed by atoms with Crippen molar-refractivity contribution in [2.45, 2.75) is 0 Å². The predicted molar refractivity (Wildman–Crippen MR) is 56.6 cm³/mol. The molecule has 0 fully saturated rings. The molecule has 0 radical (unpaired) electrons. The number of hydrogen-bond donors (Lipinski definition) is 4. The van der Waals surface area contributed by atoms with E-state index in [4.69, 9.17) is 17.0 Å². The average molecular weight is 210 g/mol. The first kappa shape index (κ1) is 10.9. The summed E-state index contributed by atoms with van der Waals surface area (Å²) in [6, 6.07) is 5.89. The van der Waals surface area contributed by atoms with Crippen LogP contribution in [0.3, 0.4) is 0 Å². The molecule has 15 heavy (non-hydrogen) atoms. The monoisotopic (exact) mass is 210 g/mol. The molecule has 6 N–H and O–H groups in total. The van der Waals surface area contributed by atoms with Crippen molar-refractivity contribution in [1.29, 1.82) is 5.41 Å². The molecule has 1 rings (SSSR count). The molecule has 0 amide bonds. The lowest BCUT2D eigenvalue weighted by Gasteiger charge is -2.17. The third kappa shape index (κ3) is 2.41. The van der Waals surface area contributed by atoms with Crippen molar-refractivity contribution in [3.8, 4) is 0 Å². The van der Waals surface area contributed by atoms with E-state index in [0.717, 1.165) is 11.2 Å². The molecule has 0 aliphatic carbocycles. The van der Waals surface area contributed by atoms with Gasteiger partial charge >= 0.3 is 0 Å². The Morgan fingerprint density at radius 1 is 1.53 bits per heavy atom. The van der Waals surface area contributed by atoms with Crippen molar-refractivity contribution in [3.63, 3.8) is 0 Å². The fourth-order valence-corrected chi connectivity index (χ4v) is 1.03. The van der Waals surface area contributed by atoms with Gasteiger partial charge in [-0.2, -0.15) is 0 Å². The van der Waals surface area contributed by atoms with Crippen molar-refractivity contribution in [1.82, 2.24) is 5.53 Å². The standard InChI is InChI=1S/C8H11FN6/c9-6-3-1-2-4-7(6)15(5-10)8(11)13-14-12/h1-5,10,14H,12H2,(H2,11,13). The third-order valence-corrected chi connectivity index (χ3v) is 1.67. The van der Waals surface area contributed by atoms with Gasteiger partial charge in [0.1, 0.15) is 5.82 Å². The van der Waals surface area contributed by atoms with Crippen LogP contribution in [-0.2, 0) is 0 Å². The highest BCUT2D eigenvalue weighted by atomic mass is 19.1. The van der Waals surface area contributed by atoms with Crippen molar-refractivity contribution in [3.05, 3.63) is 30.1 Å². The minimum atomic E-state index is -0.504. The summed E-state index contributed by atoms with van der Waals surface area (Å²) in [6.07, 6.45) is 0.842. The number of halogens is 1. The maximum Gasteiger partial charge on any atom is 0.225 e. The van der Waals surface area contributed by atoms with E-state index < -0.39 is 5.82 Å². The predicted octanol–water partition coefficient (Wildman–Crippen LogP) is -0.0678. The largest absolute Gasteiger partial charge is 0.368 e. The minimum absolute atomic E-state index is 0.127. The number of hydrazone groups is 1. The van der Waals surface area contributed by atoms with Gasteiger partial charge in [-0.3, -0.25) is 10.3 Å². The van der Waals surface area contributed by atoms with Gasteiger partial charge in [0.05, 0.1) is 12.0 Å². The summed E-state index contributed by atoms with van der Waals surface area (Å²) in [7, 11) is 0. The summed E-state index contributed by atoms with van der Waals surface area (Å²) in [5, 5.41) is 10.6. The number of guanidine groups is 1. The van der Waals surface area contributed by atoms with Crippen LogP contribution in [-0.4, -0.2) is 12.3 Å². The summed E-state index contributed by atoms with van der Waals surface area (Å²) in [5.74, 6) is 4.29. The van der Waals surface area contributed by atoms with Crippen molar-refractivity contribution in [2.75, 3.05) is 4.90 Å². The lowest BCUT2D eigenvalue weighted by molar-refractivity contribution is 0.629. The van der Waals surface area contributed by atoms with Crippen LogP contribution in [0.4, 0.5) is 10.1 Å². The molecule has 0 aromatic heterocycles. The molecule has 0 heterocycles. The Morgan fingerprint density at radius 3 is 2.73 bits per heavy atom. The van der Waals surface area contributed by atoms with E-state index in [2.05, 4.69) is 5.10 Å². The molecule has 1 aromatic rings. The van der Waals surface area contributed by atoms with Crippen LogP contribution >= 0.6 is 0 Å². The second-order valence-corrected chi connectivity index (χ2v) is 2.55. The molecular weight excluding hydrogens is 199 g/mol. The summed E-state index contributed by atoms with van der Waals surface area (Å²) < 4.78 is 13.3. The molecular formula is C8H11FN6. The van der Waals surface area contributed by atoms with Crippen LogP contribution in [0, 0.1) is 11.2 Å². The van der Waals surface area contributed by atoms with Crippen LogP contribution in [0.2, 0.25) is 0 Å². The highest BCUT2D eigenvalue weighted by molar-refractivity contribution is 6.08. The van der Waals surface area contributed by atoms with E-state index >= 15 is 0 Å². The Labute approximate surface area is 85.8 Å². The van der Waals surface area contributed by atoms with Crippen LogP contribution in [0.25, 0.3) is 0 Å². The normalized spacial score (nSPS) is 10.9. The van der Waals surface area contributed by atoms with Gasteiger partial charge in [0.2, 0.25) is 5.96 Å². The zero-order valence-corrected chi connectivity index (χ0v) is 7.81. The first-order chi connectivity index (χ1) is 7.20.